The largest absolute Gasteiger partial charge is 0.377 e. The second kappa shape index (κ2) is 8.33. The molecule has 3 rings (SSSR count). The van der Waals surface area contributed by atoms with Crippen LogP contribution in [-0.4, -0.2) is 48.3 Å². The third kappa shape index (κ3) is 4.42. The van der Waals surface area contributed by atoms with Crippen LogP contribution in [0.25, 0.3) is 11.3 Å². The van der Waals surface area contributed by atoms with E-state index in [0.717, 1.165) is 17.8 Å². The Kier molecular flexibility index (Phi) is 5.90. The van der Waals surface area contributed by atoms with Gasteiger partial charge in [0.05, 0.1) is 24.9 Å². The highest BCUT2D eigenvalue weighted by Crippen LogP contribution is 2.25. The van der Waals surface area contributed by atoms with Crippen LogP contribution in [0, 0.1) is 0 Å². The number of carbonyl (C=O) groups is 1. The maximum absolute atomic E-state index is 11.6. The van der Waals surface area contributed by atoms with Crippen LogP contribution in [0.1, 0.15) is 13.8 Å². The van der Waals surface area contributed by atoms with Gasteiger partial charge in [-0.1, -0.05) is 23.7 Å². The summed E-state index contributed by atoms with van der Waals surface area (Å²) >= 11 is 6.23. The second-order valence-electron chi connectivity index (χ2n) is 6.06. The van der Waals surface area contributed by atoms with Crippen molar-refractivity contribution >= 4 is 29.3 Å². The van der Waals surface area contributed by atoms with E-state index < -0.39 is 0 Å². The zero-order chi connectivity index (χ0) is 18.5. The maximum Gasteiger partial charge on any atom is 0.319 e. The van der Waals surface area contributed by atoms with Gasteiger partial charge in [-0.25, -0.2) is 14.8 Å². The molecule has 1 aliphatic rings. The third-order valence-corrected chi connectivity index (χ3v) is 4.28. The van der Waals surface area contributed by atoms with Gasteiger partial charge in [-0.05, 0) is 26.0 Å². The summed E-state index contributed by atoms with van der Waals surface area (Å²) in [5, 5.41) is 5.86. The Morgan fingerprint density at radius 3 is 2.81 bits per heavy atom. The molecule has 1 aromatic carbocycles. The number of hydrogen-bond acceptors (Lipinski definition) is 5. The summed E-state index contributed by atoms with van der Waals surface area (Å²) in [6.07, 6.45) is 0. The lowest BCUT2D eigenvalue weighted by Crippen LogP contribution is -2.44. The Morgan fingerprint density at radius 1 is 1.35 bits per heavy atom. The van der Waals surface area contributed by atoms with Gasteiger partial charge in [0.1, 0.15) is 5.15 Å². The van der Waals surface area contributed by atoms with Gasteiger partial charge in [0.15, 0.2) is 0 Å². The lowest BCUT2D eigenvalue weighted by Gasteiger charge is -2.33. The number of amides is 2. The summed E-state index contributed by atoms with van der Waals surface area (Å²) in [5.74, 6) is 0.604. The molecule has 0 radical (unpaired) electrons. The molecule has 1 atom stereocenters. The number of halogens is 1. The molecule has 7 nitrogen and oxygen atoms in total. The van der Waals surface area contributed by atoms with Crippen molar-refractivity contribution in [3.8, 4) is 11.3 Å². The normalized spacial score (nSPS) is 17.0. The highest BCUT2D eigenvalue weighted by Gasteiger charge is 2.22. The van der Waals surface area contributed by atoms with Crippen LogP contribution in [0.15, 0.2) is 30.3 Å². The zero-order valence-corrected chi connectivity index (χ0v) is 15.6. The van der Waals surface area contributed by atoms with E-state index in [2.05, 4.69) is 32.4 Å². The first-order valence-corrected chi connectivity index (χ1v) is 8.99. The van der Waals surface area contributed by atoms with E-state index in [1.165, 1.54) is 0 Å². The second-order valence-corrected chi connectivity index (χ2v) is 6.44. The number of morpholine rings is 1. The number of ether oxygens (including phenoxy) is 1. The van der Waals surface area contributed by atoms with Crippen molar-refractivity contribution in [2.75, 3.05) is 36.5 Å². The molecule has 0 aliphatic carbocycles. The molecule has 2 aromatic rings. The molecule has 1 fully saturated rings. The molecule has 1 aromatic heterocycles. The number of urea groups is 1. The number of carbonyl (C=O) groups excluding carboxylic acids is 1. The average molecular weight is 376 g/mol. The Hall–Kier alpha value is -2.38. The predicted octanol–water partition coefficient (Wildman–Crippen LogP) is 3.16. The Bertz CT molecular complexity index is 769. The summed E-state index contributed by atoms with van der Waals surface area (Å²) in [6.45, 7) is 6.54. The van der Waals surface area contributed by atoms with E-state index in [-0.39, 0.29) is 12.1 Å². The molecule has 138 valence electrons. The fourth-order valence-corrected chi connectivity index (χ4v) is 2.95. The van der Waals surface area contributed by atoms with Crippen molar-refractivity contribution in [1.82, 2.24) is 15.3 Å². The van der Waals surface area contributed by atoms with Gasteiger partial charge in [-0.3, -0.25) is 0 Å². The van der Waals surface area contributed by atoms with Crippen LogP contribution in [0.4, 0.5) is 16.4 Å². The molecule has 26 heavy (non-hydrogen) atoms. The number of rotatable bonds is 4. The molecule has 2 amide bonds. The van der Waals surface area contributed by atoms with Gasteiger partial charge in [0, 0.05) is 30.4 Å². The first-order valence-electron chi connectivity index (χ1n) is 8.61. The minimum Gasteiger partial charge on any atom is -0.377 e. The van der Waals surface area contributed by atoms with Crippen molar-refractivity contribution in [3.05, 3.63) is 35.5 Å². The van der Waals surface area contributed by atoms with Crippen LogP contribution >= 0.6 is 11.6 Å². The molecule has 2 N–H and O–H groups in total. The van der Waals surface area contributed by atoms with Crippen LogP contribution in [-0.2, 0) is 4.74 Å². The molecule has 0 bridgehead atoms. The molecule has 2 heterocycles. The van der Waals surface area contributed by atoms with E-state index in [1.54, 1.807) is 6.07 Å². The van der Waals surface area contributed by atoms with E-state index in [0.29, 0.717) is 36.5 Å². The highest BCUT2D eigenvalue weighted by atomic mass is 35.5. The third-order valence-electron chi connectivity index (χ3n) is 4.08. The van der Waals surface area contributed by atoms with Crippen LogP contribution < -0.4 is 15.5 Å². The number of hydrogen-bond donors (Lipinski definition) is 2. The minimum absolute atomic E-state index is 0.193. The molecule has 1 saturated heterocycles. The van der Waals surface area contributed by atoms with Crippen LogP contribution in [0.2, 0.25) is 5.15 Å². The number of nitrogens with one attached hydrogen (secondary N) is 2. The van der Waals surface area contributed by atoms with Crippen LogP contribution in [0.3, 0.4) is 0 Å². The van der Waals surface area contributed by atoms with Crippen molar-refractivity contribution in [1.29, 1.82) is 0 Å². The molecular weight excluding hydrogens is 354 g/mol. The van der Waals surface area contributed by atoms with Gasteiger partial charge in [-0.2, -0.15) is 0 Å². The molecule has 0 spiro atoms. The van der Waals surface area contributed by atoms with Gasteiger partial charge >= 0.3 is 6.03 Å². The Labute approximate surface area is 157 Å². The number of nitrogens with zero attached hydrogens (tertiary/aromatic N) is 3. The zero-order valence-electron chi connectivity index (χ0n) is 14.8. The smallest absolute Gasteiger partial charge is 0.319 e. The van der Waals surface area contributed by atoms with Crippen LogP contribution in [0.5, 0.6) is 0 Å². The van der Waals surface area contributed by atoms with Crippen molar-refractivity contribution in [2.45, 2.75) is 19.9 Å². The maximum atomic E-state index is 11.6. The summed E-state index contributed by atoms with van der Waals surface area (Å²) < 4.78 is 5.47. The average Bonchev–Trinajstić information content (AvgIpc) is 2.62. The first-order chi connectivity index (χ1) is 12.6. The number of benzene rings is 1. The molecule has 0 saturated carbocycles. The standard InChI is InChI=1S/C18H22ClN5O2/c1-3-20-18(25)21-14-6-4-13(5-7-14)15-10-16(19)23-17(22-15)24-8-9-26-11-12(24)2/h4-7,10,12H,3,8-9,11H2,1-2H3,(H2,20,21,25). The van der Waals surface area contributed by atoms with Gasteiger partial charge in [-0.15, -0.1) is 0 Å². The number of anilines is 2. The molecular formula is C18H22ClN5O2. The summed E-state index contributed by atoms with van der Waals surface area (Å²) in [5.41, 5.74) is 2.35. The van der Waals surface area contributed by atoms with Gasteiger partial charge in [0.2, 0.25) is 5.95 Å². The van der Waals surface area contributed by atoms with Crippen molar-refractivity contribution < 1.29 is 9.53 Å². The highest BCUT2D eigenvalue weighted by molar-refractivity contribution is 6.29. The predicted molar refractivity (Wildman–Crippen MR) is 103 cm³/mol. The van der Waals surface area contributed by atoms with E-state index in [1.807, 2.05) is 31.2 Å². The van der Waals surface area contributed by atoms with Gasteiger partial charge < -0.3 is 20.3 Å². The quantitative estimate of drug-likeness (QED) is 0.802. The monoisotopic (exact) mass is 375 g/mol. The molecule has 1 unspecified atom stereocenters. The molecule has 1 aliphatic heterocycles. The topological polar surface area (TPSA) is 79.4 Å². The fourth-order valence-electron chi connectivity index (χ4n) is 2.77. The summed E-state index contributed by atoms with van der Waals surface area (Å²) in [7, 11) is 0. The number of aromatic nitrogens is 2. The van der Waals surface area contributed by atoms with E-state index in [9.17, 15) is 4.79 Å². The van der Waals surface area contributed by atoms with Crippen molar-refractivity contribution in [3.63, 3.8) is 0 Å². The lowest BCUT2D eigenvalue weighted by molar-refractivity contribution is 0.0981. The first kappa shape index (κ1) is 18.4. The fraction of sp³-hybridized carbons (Fsp3) is 0.389. The lowest BCUT2D eigenvalue weighted by atomic mass is 10.1. The van der Waals surface area contributed by atoms with E-state index >= 15 is 0 Å². The Morgan fingerprint density at radius 2 is 2.12 bits per heavy atom. The molecule has 8 heteroatoms. The SMILES string of the molecule is CCNC(=O)Nc1ccc(-c2cc(Cl)nc(N3CCOCC3C)n2)cc1. The minimum atomic E-state index is -0.228. The van der Waals surface area contributed by atoms with E-state index in [4.69, 9.17) is 16.3 Å². The van der Waals surface area contributed by atoms with Crippen molar-refractivity contribution in [2.24, 2.45) is 0 Å². The summed E-state index contributed by atoms with van der Waals surface area (Å²) in [6, 6.07) is 9.16. The summed E-state index contributed by atoms with van der Waals surface area (Å²) in [4.78, 5) is 22.7. The van der Waals surface area contributed by atoms with Gasteiger partial charge in [0.25, 0.3) is 0 Å². The Balaban J connectivity index is 1.81.